The summed E-state index contributed by atoms with van der Waals surface area (Å²) >= 11 is 0. The number of anilines is 4. The lowest BCUT2D eigenvalue weighted by molar-refractivity contribution is -0.117. The van der Waals surface area contributed by atoms with Crippen LogP contribution >= 0.6 is 0 Å². The zero-order valence-corrected chi connectivity index (χ0v) is 18.5. The third kappa shape index (κ3) is 5.24. The van der Waals surface area contributed by atoms with Crippen molar-refractivity contribution in [1.82, 2.24) is 20.3 Å². The normalized spacial score (nSPS) is 18.9. The van der Waals surface area contributed by atoms with Crippen molar-refractivity contribution in [2.75, 3.05) is 36.2 Å². The number of aromatic nitrogens is 3. The van der Waals surface area contributed by atoms with Crippen LogP contribution in [0.1, 0.15) is 44.9 Å². The fourth-order valence-corrected chi connectivity index (χ4v) is 4.24. The van der Waals surface area contributed by atoms with Gasteiger partial charge in [-0.05, 0) is 44.4 Å². The minimum atomic E-state index is -0.494. The van der Waals surface area contributed by atoms with Crippen LogP contribution in [0.2, 0.25) is 0 Å². The lowest BCUT2D eigenvalue weighted by atomic mass is 9.95. The van der Waals surface area contributed by atoms with Crippen LogP contribution < -0.4 is 25.6 Å². The smallest absolute Gasteiger partial charge is 0.243 e. The van der Waals surface area contributed by atoms with Crippen LogP contribution in [0.4, 0.5) is 27.9 Å². The standard InChI is InChI=1S/C22H30FN7O2/c1-30(15-7-4-3-5-8-15)22-28-20(25-14-10-11-18(32-2)16(23)13-14)27-21(29-22)26-19(31)17-9-6-12-24-17/h10-11,13,15,17,24H,3-9,12H2,1-2H3,(H2,25,26,27,28,29,31). The Labute approximate surface area is 187 Å². The predicted molar refractivity (Wildman–Crippen MR) is 121 cm³/mol. The number of nitrogens with one attached hydrogen (secondary N) is 3. The van der Waals surface area contributed by atoms with Crippen molar-refractivity contribution in [3.8, 4) is 5.75 Å². The lowest BCUT2D eigenvalue weighted by Crippen LogP contribution is -2.37. The maximum absolute atomic E-state index is 14.1. The Bertz CT molecular complexity index is 946. The molecule has 0 spiro atoms. The maximum atomic E-state index is 14.1. The summed E-state index contributed by atoms with van der Waals surface area (Å²) in [4.78, 5) is 28.1. The number of halogens is 1. The number of carbonyl (C=O) groups excluding carboxylic acids is 1. The first-order chi connectivity index (χ1) is 15.5. The lowest BCUT2D eigenvalue weighted by Gasteiger charge is -2.31. The molecule has 1 saturated heterocycles. The van der Waals surface area contributed by atoms with Crippen molar-refractivity contribution in [2.45, 2.75) is 57.0 Å². The zero-order valence-electron chi connectivity index (χ0n) is 18.5. The fourth-order valence-electron chi connectivity index (χ4n) is 4.24. The molecule has 1 aliphatic carbocycles. The van der Waals surface area contributed by atoms with Gasteiger partial charge in [0.2, 0.25) is 23.8 Å². The topological polar surface area (TPSA) is 104 Å². The number of carbonyl (C=O) groups is 1. The predicted octanol–water partition coefficient (Wildman–Crippen LogP) is 3.22. The molecular formula is C22H30FN7O2. The summed E-state index contributed by atoms with van der Waals surface area (Å²) in [6.45, 7) is 0.820. The van der Waals surface area contributed by atoms with E-state index in [1.165, 1.54) is 38.5 Å². The molecule has 2 aromatic rings. The highest BCUT2D eigenvalue weighted by molar-refractivity contribution is 5.93. The number of nitrogens with zero attached hydrogens (tertiary/aromatic N) is 4. The molecule has 10 heteroatoms. The second-order valence-electron chi connectivity index (χ2n) is 8.30. The number of rotatable bonds is 7. The Hall–Kier alpha value is -3.01. The van der Waals surface area contributed by atoms with Crippen LogP contribution in [-0.2, 0) is 4.79 Å². The first-order valence-electron chi connectivity index (χ1n) is 11.2. The van der Waals surface area contributed by atoms with E-state index in [0.29, 0.717) is 17.7 Å². The van der Waals surface area contributed by atoms with Crippen molar-refractivity contribution < 1.29 is 13.9 Å². The monoisotopic (exact) mass is 443 g/mol. The number of hydrogen-bond acceptors (Lipinski definition) is 8. The van der Waals surface area contributed by atoms with Gasteiger partial charge in [0.1, 0.15) is 0 Å². The van der Waals surface area contributed by atoms with Crippen molar-refractivity contribution in [2.24, 2.45) is 0 Å². The molecule has 4 rings (SSSR count). The van der Waals surface area contributed by atoms with Gasteiger partial charge in [-0.15, -0.1) is 0 Å². The Morgan fingerprint density at radius 1 is 1.12 bits per heavy atom. The average Bonchev–Trinajstić information content (AvgIpc) is 3.34. The van der Waals surface area contributed by atoms with E-state index in [-0.39, 0.29) is 29.6 Å². The molecule has 2 heterocycles. The second-order valence-corrected chi connectivity index (χ2v) is 8.30. The molecule has 3 N–H and O–H groups in total. The summed E-state index contributed by atoms with van der Waals surface area (Å²) in [6.07, 6.45) is 7.47. The molecule has 172 valence electrons. The average molecular weight is 444 g/mol. The van der Waals surface area contributed by atoms with Gasteiger partial charge in [-0.25, -0.2) is 4.39 Å². The first kappa shape index (κ1) is 22.2. The van der Waals surface area contributed by atoms with E-state index in [4.69, 9.17) is 4.74 Å². The zero-order chi connectivity index (χ0) is 22.5. The van der Waals surface area contributed by atoms with Gasteiger partial charge in [-0.3, -0.25) is 10.1 Å². The largest absolute Gasteiger partial charge is 0.494 e. The van der Waals surface area contributed by atoms with Gasteiger partial charge >= 0.3 is 0 Å². The van der Waals surface area contributed by atoms with Gasteiger partial charge in [-0.2, -0.15) is 15.0 Å². The summed E-state index contributed by atoms with van der Waals surface area (Å²) in [5, 5.41) is 9.01. The molecule has 9 nitrogen and oxygen atoms in total. The second kappa shape index (κ2) is 10.1. The number of ether oxygens (including phenoxy) is 1. The van der Waals surface area contributed by atoms with E-state index in [1.807, 2.05) is 11.9 Å². The van der Waals surface area contributed by atoms with Crippen LogP contribution in [0.15, 0.2) is 18.2 Å². The minimum absolute atomic E-state index is 0.154. The van der Waals surface area contributed by atoms with Crippen molar-refractivity contribution in [3.63, 3.8) is 0 Å². The molecule has 1 aromatic carbocycles. The van der Waals surface area contributed by atoms with Crippen molar-refractivity contribution in [3.05, 3.63) is 24.0 Å². The van der Waals surface area contributed by atoms with E-state index in [1.54, 1.807) is 6.07 Å². The SMILES string of the molecule is COc1ccc(Nc2nc(NC(=O)C3CCCN3)nc(N(C)C3CCCCC3)n2)cc1F. The highest BCUT2D eigenvalue weighted by Crippen LogP contribution is 2.27. The fraction of sp³-hybridized carbons (Fsp3) is 0.545. The van der Waals surface area contributed by atoms with Gasteiger partial charge < -0.3 is 20.3 Å². The first-order valence-corrected chi connectivity index (χ1v) is 11.2. The summed E-state index contributed by atoms with van der Waals surface area (Å²) in [5.74, 6) is 0.372. The molecule has 2 aliphatic rings. The molecule has 1 aromatic heterocycles. The molecule has 2 fully saturated rings. The van der Waals surface area contributed by atoms with Gasteiger partial charge in [0.15, 0.2) is 11.6 Å². The Balaban J connectivity index is 1.59. The van der Waals surface area contributed by atoms with Gasteiger partial charge in [0.05, 0.1) is 13.2 Å². The summed E-state index contributed by atoms with van der Waals surface area (Å²) in [6, 6.07) is 4.60. The summed E-state index contributed by atoms with van der Waals surface area (Å²) in [7, 11) is 3.38. The van der Waals surface area contributed by atoms with Crippen LogP contribution in [0.25, 0.3) is 0 Å². The molecule has 32 heavy (non-hydrogen) atoms. The van der Waals surface area contributed by atoms with Crippen LogP contribution in [-0.4, -0.2) is 53.6 Å². The van der Waals surface area contributed by atoms with Crippen molar-refractivity contribution in [1.29, 1.82) is 0 Å². The summed E-state index contributed by atoms with van der Waals surface area (Å²) < 4.78 is 19.1. The molecule has 1 saturated carbocycles. The van der Waals surface area contributed by atoms with Gasteiger partial charge in [0.25, 0.3) is 0 Å². The Kier molecular flexibility index (Phi) is 6.99. The third-order valence-corrected chi connectivity index (χ3v) is 6.08. The maximum Gasteiger partial charge on any atom is 0.243 e. The summed E-state index contributed by atoms with van der Waals surface area (Å²) in [5.41, 5.74) is 0.468. The van der Waals surface area contributed by atoms with Gasteiger partial charge in [0, 0.05) is 24.8 Å². The number of methoxy groups -OCH3 is 1. The number of benzene rings is 1. The van der Waals surface area contributed by atoms with E-state index in [0.717, 1.165) is 32.2 Å². The Morgan fingerprint density at radius 2 is 1.91 bits per heavy atom. The van der Waals surface area contributed by atoms with Crippen molar-refractivity contribution >= 4 is 29.4 Å². The van der Waals surface area contributed by atoms with E-state index >= 15 is 0 Å². The van der Waals surface area contributed by atoms with Gasteiger partial charge in [-0.1, -0.05) is 19.3 Å². The van der Waals surface area contributed by atoms with Crippen LogP contribution in [0.5, 0.6) is 5.75 Å². The highest BCUT2D eigenvalue weighted by atomic mass is 19.1. The molecular weight excluding hydrogens is 413 g/mol. The number of hydrogen-bond donors (Lipinski definition) is 3. The molecule has 0 radical (unpaired) electrons. The number of amides is 1. The molecule has 0 bridgehead atoms. The highest BCUT2D eigenvalue weighted by Gasteiger charge is 2.25. The Morgan fingerprint density at radius 3 is 2.59 bits per heavy atom. The minimum Gasteiger partial charge on any atom is -0.494 e. The molecule has 1 unspecified atom stereocenters. The van der Waals surface area contributed by atoms with Crippen LogP contribution in [0, 0.1) is 5.82 Å². The van der Waals surface area contributed by atoms with E-state index in [2.05, 4.69) is 30.9 Å². The molecule has 1 atom stereocenters. The van der Waals surface area contributed by atoms with E-state index < -0.39 is 5.82 Å². The van der Waals surface area contributed by atoms with Crippen LogP contribution in [0.3, 0.4) is 0 Å². The third-order valence-electron chi connectivity index (χ3n) is 6.08. The molecule has 1 amide bonds. The van der Waals surface area contributed by atoms with E-state index in [9.17, 15) is 9.18 Å². The molecule has 1 aliphatic heterocycles. The quantitative estimate of drug-likeness (QED) is 0.599.